The van der Waals surface area contributed by atoms with Crippen molar-refractivity contribution < 1.29 is 41.1 Å². The number of nitrogens with one attached hydrogen (secondary N) is 1. The first-order chi connectivity index (χ1) is 26.9. The van der Waals surface area contributed by atoms with Gasteiger partial charge in [-0.1, -0.05) is 24.3 Å². The maximum absolute atomic E-state index is 14.3. The number of ether oxygens (including phenoxy) is 4. The minimum atomic E-state index is -3.67. The Morgan fingerprint density at radius 2 is 1.61 bits per heavy atom. The van der Waals surface area contributed by atoms with Crippen molar-refractivity contribution in [3.8, 4) is 17.2 Å². The molecule has 0 radical (unpaired) electrons. The molecule has 1 amide bonds. The van der Waals surface area contributed by atoms with E-state index in [0.717, 1.165) is 86.4 Å². The lowest BCUT2D eigenvalue weighted by Crippen LogP contribution is -2.41. The largest absolute Gasteiger partial charge is 0.493 e. The van der Waals surface area contributed by atoms with Crippen molar-refractivity contribution >= 4 is 33.0 Å². The molecule has 15 heteroatoms. The first-order valence-electron chi connectivity index (χ1n) is 19.1. The van der Waals surface area contributed by atoms with Gasteiger partial charge in [0.05, 0.1) is 50.6 Å². The van der Waals surface area contributed by atoms with Crippen LogP contribution in [0.3, 0.4) is 0 Å². The van der Waals surface area contributed by atoms with Gasteiger partial charge in [-0.15, -0.1) is 0 Å². The van der Waals surface area contributed by atoms with Crippen molar-refractivity contribution in [2.24, 2.45) is 5.41 Å². The summed E-state index contributed by atoms with van der Waals surface area (Å²) < 4.78 is 64.2. The molecule has 0 spiro atoms. The van der Waals surface area contributed by atoms with E-state index in [0.29, 0.717) is 62.3 Å². The van der Waals surface area contributed by atoms with Crippen molar-refractivity contribution in [2.45, 2.75) is 64.6 Å². The Morgan fingerprint density at radius 3 is 2.23 bits per heavy atom. The Morgan fingerprint density at radius 1 is 0.946 bits per heavy atom. The molecule has 1 atom stereocenters. The van der Waals surface area contributed by atoms with Crippen LogP contribution < -0.4 is 19.5 Å². The maximum atomic E-state index is 14.3. The van der Waals surface area contributed by atoms with E-state index in [4.69, 9.17) is 28.5 Å². The van der Waals surface area contributed by atoms with Crippen molar-refractivity contribution in [2.75, 3.05) is 72.3 Å². The zero-order valence-electron chi connectivity index (χ0n) is 33.1. The summed E-state index contributed by atoms with van der Waals surface area (Å²) in [6, 6.07) is 19.0. The molecule has 2 N–H and O–H groups in total. The highest BCUT2D eigenvalue weighted by molar-refractivity contribution is 7.85. The molecule has 306 valence electrons. The van der Waals surface area contributed by atoms with Crippen LogP contribution in [0.15, 0.2) is 60.7 Å². The van der Waals surface area contributed by atoms with Crippen LogP contribution in [0.4, 0.5) is 10.3 Å². The molecule has 3 heterocycles. The lowest BCUT2D eigenvalue weighted by Gasteiger charge is -2.34. The molecule has 2 saturated heterocycles. The van der Waals surface area contributed by atoms with Gasteiger partial charge in [-0.25, -0.2) is 9.37 Å². The second-order valence-corrected chi connectivity index (χ2v) is 15.9. The van der Waals surface area contributed by atoms with Crippen LogP contribution in [0, 0.1) is 11.2 Å². The van der Waals surface area contributed by atoms with Gasteiger partial charge in [0, 0.05) is 45.4 Å². The lowest BCUT2D eigenvalue weighted by molar-refractivity contribution is -0.137. The molecule has 0 bridgehead atoms. The maximum Gasteiger partial charge on any atom is 0.261 e. The number of carbonyl (C=O) groups is 1. The summed E-state index contributed by atoms with van der Waals surface area (Å²) >= 11 is 0. The third-order valence-electron chi connectivity index (χ3n) is 10.5. The number of rotatable bonds is 17. The van der Waals surface area contributed by atoms with Crippen LogP contribution in [-0.4, -0.2) is 111 Å². The predicted molar refractivity (Wildman–Crippen MR) is 215 cm³/mol. The number of anilines is 1. The average molecular weight is 798 g/mol. The molecule has 2 aliphatic rings. The predicted octanol–water partition coefficient (Wildman–Crippen LogP) is 6.06. The number of halogens is 1. The summed E-state index contributed by atoms with van der Waals surface area (Å²) in [5, 5.41) is 3.75. The van der Waals surface area contributed by atoms with Gasteiger partial charge < -0.3 is 38.6 Å². The van der Waals surface area contributed by atoms with E-state index in [2.05, 4.69) is 33.0 Å². The quantitative estimate of drug-likeness (QED) is 0.0951. The van der Waals surface area contributed by atoms with Gasteiger partial charge in [-0.05, 0) is 99.5 Å². The Kier molecular flexibility index (Phi) is 15.0. The number of para-hydroxylation sites is 2. The highest BCUT2D eigenvalue weighted by Crippen LogP contribution is 2.43. The molecule has 2 aliphatic heterocycles. The number of likely N-dealkylation sites (tertiary alicyclic amines) is 2. The Balaban J connectivity index is 0.00000113. The van der Waals surface area contributed by atoms with Gasteiger partial charge in [0.25, 0.3) is 10.1 Å². The number of nitrogens with zero attached hydrogens (tertiary/aromatic N) is 4. The third kappa shape index (κ3) is 11.3. The number of imidazole rings is 1. The highest BCUT2D eigenvalue weighted by atomic mass is 32.2. The average Bonchev–Trinajstić information content (AvgIpc) is 3.67. The SMILES string of the molecule is CCOCCn1c(NC2CCN(CCCC3(Cc4ccc(F)cc4)CCN(Cc4cc(OC)c(OC)c(OC)c4)C3=O)CC2)nc2ccccc21.CS(=O)(=O)O. The molecule has 0 aliphatic carbocycles. The van der Waals surface area contributed by atoms with Crippen LogP contribution in [-0.2, 0) is 39.2 Å². The number of piperidine rings is 1. The summed E-state index contributed by atoms with van der Waals surface area (Å²) in [4.78, 5) is 23.7. The molecule has 1 aromatic heterocycles. The number of fused-ring (bicyclic) bond motifs is 1. The molecule has 1 unspecified atom stereocenters. The van der Waals surface area contributed by atoms with E-state index < -0.39 is 15.5 Å². The number of methoxy groups -OCH3 is 3. The van der Waals surface area contributed by atoms with Crippen molar-refractivity contribution in [3.63, 3.8) is 0 Å². The smallest absolute Gasteiger partial charge is 0.261 e. The number of aromatic nitrogens is 2. The summed E-state index contributed by atoms with van der Waals surface area (Å²) in [5.74, 6) is 2.45. The van der Waals surface area contributed by atoms with Gasteiger partial charge in [0.15, 0.2) is 11.5 Å². The fourth-order valence-electron chi connectivity index (χ4n) is 7.80. The summed E-state index contributed by atoms with van der Waals surface area (Å²) in [7, 11) is 1.10. The molecule has 4 aromatic rings. The van der Waals surface area contributed by atoms with Crippen molar-refractivity contribution in [1.29, 1.82) is 0 Å². The normalized spacial score (nSPS) is 17.8. The van der Waals surface area contributed by atoms with Gasteiger partial charge in [-0.3, -0.25) is 9.35 Å². The van der Waals surface area contributed by atoms with E-state index in [1.807, 2.05) is 42.2 Å². The molecule has 0 saturated carbocycles. The number of hydrogen-bond acceptors (Lipinski definition) is 10. The van der Waals surface area contributed by atoms with Gasteiger partial charge in [0.1, 0.15) is 5.82 Å². The molecule has 3 aromatic carbocycles. The van der Waals surface area contributed by atoms with Gasteiger partial charge >= 0.3 is 0 Å². The summed E-state index contributed by atoms with van der Waals surface area (Å²) in [6.45, 7) is 8.14. The minimum Gasteiger partial charge on any atom is -0.493 e. The Hall–Kier alpha value is -4.44. The zero-order valence-corrected chi connectivity index (χ0v) is 33.9. The first-order valence-corrected chi connectivity index (χ1v) is 21.0. The van der Waals surface area contributed by atoms with E-state index in [-0.39, 0.29) is 11.7 Å². The number of benzene rings is 3. The minimum absolute atomic E-state index is 0.149. The zero-order chi connectivity index (χ0) is 40.3. The fraction of sp³-hybridized carbons (Fsp3) is 0.512. The first kappa shape index (κ1) is 42.7. The lowest BCUT2D eigenvalue weighted by atomic mass is 9.76. The van der Waals surface area contributed by atoms with E-state index in [1.165, 1.54) is 12.1 Å². The van der Waals surface area contributed by atoms with Crippen LogP contribution in [0.25, 0.3) is 11.0 Å². The summed E-state index contributed by atoms with van der Waals surface area (Å²) in [6.07, 6.45) is 5.80. The van der Waals surface area contributed by atoms with Crippen LogP contribution in [0.2, 0.25) is 0 Å². The molecule has 6 rings (SSSR count). The Labute approximate surface area is 329 Å². The second kappa shape index (κ2) is 19.6. The van der Waals surface area contributed by atoms with Gasteiger partial charge in [-0.2, -0.15) is 8.42 Å². The topological polar surface area (TPSA) is 145 Å². The molecule has 2 fully saturated rings. The molecule has 56 heavy (non-hydrogen) atoms. The van der Waals surface area contributed by atoms with E-state index in [9.17, 15) is 17.6 Å². The molecular weight excluding hydrogens is 742 g/mol. The van der Waals surface area contributed by atoms with Crippen molar-refractivity contribution in [1.82, 2.24) is 19.4 Å². The van der Waals surface area contributed by atoms with Crippen molar-refractivity contribution in [3.05, 3.63) is 77.6 Å². The van der Waals surface area contributed by atoms with Crippen LogP contribution in [0.1, 0.15) is 50.2 Å². The van der Waals surface area contributed by atoms with E-state index in [1.54, 1.807) is 21.3 Å². The number of amides is 1. The second-order valence-electron chi connectivity index (χ2n) is 14.5. The standard InChI is InChI=1S/C40H52FN5O5.CH4O3S/c1-5-51-24-23-46-34-10-7-6-9-33(34)43-39(46)42-32-15-20-44(21-16-32)19-8-17-40(27-29-11-13-31(41)14-12-29)18-22-45(38(40)47)28-30-25-35(48-2)37(50-4)36(26-30)49-3;1-5(2,3)4/h6-7,9-14,25-26,32H,5,8,15-24,27-28H2,1-4H3,(H,42,43);1H3,(H,2,3,4). The summed E-state index contributed by atoms with van der Waals surface area (Å²) in [5.41, 5.74) is 3.47. The fourth-order valence-corrected chi connectivity index (χ4v) is 7.80. The van der Waals surface area contributed by atoms with E-state index >= 15 is 0 Å². The Bertz CT molecular complexity index is 1970. The van der Waals surface area contributed by atoms with Gasteiger partial charge in [0.2, 0.25) is 17.6 Å². The van der Waals surface area contributed by atoms with Crippen LogP contribution in [0.5, 0.6) is 17.2 Å². The third-order valence-corrected chi connectivity index (χ3v) is 10.5. The molecular formula is C41H56FN5O8S. The molecule has 13 nitrogen and oxygen atoms in total. The number of carbonyl (C=O) groups excluding carboxylic acids is 1. The monoisotopic (exact) mass is 797 g/mol. The highest BCUT2D eigenvalue weighted by Gasteiger charge is 2.46. The van der Waals surface area contributed by atoms with Crippen LogP contribution >= 0.6 is 0 Å². The number of hydrogen-bond donors (Lipinski definition) is 2.